The number of primary amides is 1. The van der Waals surface area contributed by atoms with Crippen LogP contribution in [0.15, 0.2) is 12.1 Å². The van der Waals surface area contributed by atoms with Crippen LogP contribution in [0.4, 0.5) is 15.8 Å². The van der Waals surface area contributed by atoms with Gasteiger partial charge in [0.1, 0.15) is 5.82 Å². The standard InChI is InChI=1S/C13H18FN3O2/c1-13(19)2-4-17(5-3-13)11-6-8(12(16)18)10(15)7-9(11)14/h6-7,19H,2-5,15H2,1H3,(H2,16,18). The van der Waals surface area contributed by atoms with E-state index in [1.165, 1.54) is 6.07 Å². The maximum atomic E-state index is 13.9. The number of rotatable bonds is 2. The van der Waals surface area contributed by atoms with Crippen LogP contribution in [0.5, 0.6) is 0 Å². The first-order chi connectivity index (χ1) is 8.80. The zero-order valence-electron chi connectivity index (χ0n) is 10.8. The van der Waals surface area contributed by atoms with Gasteiger partial charge in [0.25, 0.3) is 5.91 Å². The highest BCUT2D eigenvalue weighted by Gasteiger charge is 2.29. The topological polar surface area (TPSA) is 92.6 Å². The number of carbonyl (C=O) groups is 1. The molecule has 6 heteroatoms. The summed E-state index contributed by atoms with van der Waals surface area (Å²) < 4.78 is 13.9. The van der Waals surface area contributed by atoms with Crippen molar-refractivity contribution in [3.63, 3.8) is 0 Å². The van der Waals surface area contributed by atoms with Crippen LogP contribution in [0.2, 0.25) is 0 Å². The molecule has 1 amide bonds. The minimum absolute atomic E-state index is 0.0396. The Hall–Kier alpha value is -1.82. The van der Waals surface area contributed by atoms with E-state index in [1.54, 1.807) is 11.8 Å². The fourth-order valence-corrected chi connectivity index (χ4v) is 2.26. The van der Waals surface area contributed by atoms with Gasteiger partial charge in [0.05, 0.1) is 16.9 Å². The lowest BCUT2D eigenvalue weighted by Gasteiger charge is -2.37. The van der Waals surface area contributed by atoms with Crippen molar-refractivity contribution in [3.05, 3.63) is 23.5 Å². The van der Waals surface area contributed by atoms with Crippen molar-refractivity contribution >= 4 is 17.3 Å². The van der Waals surface area contributed by atoms with Gasteiger partial charge in [0.15, 0.2) is 0 Å². The molecule has 0 aliphatic carbocycles. The first-order valence-corrected chi connectivity index (χ1v) is 6.16. The number of piperidine rings is 1. The monoisotopic (exact) mass is 267 g/mol. The second-order valence-electron chi connectivity index (χ2n) is 5.24. The number of carbonyl (C=O) groups excluding carboxylic acids is 1. The van der Waals surface area contributed by atoms with Crippen molar-refractivity contribution in [2.75, 3.05) is 23.7 Å². The van der Waals surface area contributed by atoms with Crippen molar-refractivity contribution in [2.24, 2.45) is 5.73 Å². The van der Waals surface area contributed by atoms with Crippen LogP contribution in [0.3, 0.4) is 0 Å². The van der Waals surface area contributed by atoms with Gasteiger partial charge < -0.3 is 21.5 Å². The Morgan fingerprint density at radius 2 is 2.00 bits per heavy atom. The Labute approximate surface area is 111 Å². The van der Waals surface area contributed by atoms with E-state index in [0.717, 1.165) is 6.07 Å². The summed E-state index contributed by atoms with van der Waals surface area (Å²) in [4.78, 5) is 13.0. The molecule has 2 rings (SSSR count). The van der Waals surface area contributed by atoms with Gasteiger partial charge in [-0.3, -0.25) is 4.79 Å². The van der Waals surface area contributed by atoms with E-state index >= 15 is 0 Å². The van der Waals surface area contributed by atoms with Crippen molar-refractivity contribution in [1.82, 2.24) is 0 Å². The van der Waals surface area contributed by atoms with Crippen LogP contribution in [0, 0.1) is 5.82 Å². The van der Waals surface area contributed by atoms with Crippen LogP contribution in [-0.2, 0) is 0 Å². The third-order valence-electron chi connectivity index (χ3n) is 3.57. The summed E-state index contributed by atoms with van der Waals surface area (Å²) in [5.74, 6) is -1.16. The molecule has 5 nitrogen and oxygen atoms in total. The van der Waals surface area contributed by atoms with Gasteiger partial charge in [-0.2, -0.15) is 0 Å². The minimum Gasteiger partial charge on any atom is -0.398 e. The summed E-state index contributed by atoms with van der Waals surface area (Å²) >= 11 is 0. The maximum absolute atomic E-state index is 13.9. The number of hydrogen-bond donors (Lipinski definition) is 3. The molecule has 0 bridgehead atoms. The summed E-state index contributed by atoms with van der Waals surface area (Å²) in [5.41, 5.74) is 10.5. The third kappa shape index (κ3) is 2.78. The normalized spacial score (nSPS) is 18.4. The molecule has 0 spiro atoms. The SMILES string of the molecule is CC1(O)CCN(c2cc(C(N)=O)c(N)cc2F)CC1. The predicted octanol–water partition coefficient (Wildman–Crippen LogP) is 0.858. The molecule has 0 saturated carbocycles. The number of nitrogen functional groups attached to an aromatic ring is 1. The highest BCUT2D eigenvalue weighted by atomic mass is 19.1. The lowest BCUT2D eigenvalue weighted by Crippen LogP contribution is -2.42. The van der Waals surface area contributed by atoms with E-state index in [2.05, 4.69) is 0 Å². The molecule has 0 radical (unpaired) electrons. The van der Waals surface area contributed by atoms with Crippen molar-refractivity contribution < 1.29 is 14.3 Å². The molecule has 5 N–H and O–H groups in total. The summed E-state index contributed by atoms with van der Waals surface area (Å²) in [6.45, 7) is 2.80. The van der Waals surface area contributed by atoms with Crippen molar-refractivity contribution in [1.29, 1.82) is 0 Å². The Morgan fingerprint density at radius 3 is 2.53 bits per heavy atom. The van der Waals surface area contributed by atoms with E-state index in [9.17, 15) is 14.3 Å². The molecule has 1 aliphatic heterocycles. The zero-order chi connectivity index (χ0) is 14.2. The van der Waals surface area contributed by atoms with E-state index in [-0.39, 0.29) is 11.3 Å². The predicted molar refractivity (Wildman–Crippen MR) is 71.4 cm³/mol. The van der Waals surface area contributed by atoms with Gasteiger partial charge in [-0.05, 0) is 31.9 Å². The number of nitrogens with zero attached hydrogens (tertiary/aromatic N) is 1. The average Bonchev–Trinajstić information content (AvgIpc) is 2.29. The van der Waals surface area contributed by atoms with E-state index in [1.807, 2.05) is 0 Å². The van der Waals surface area contributed by atoms with Gasteiger partial charge in [0.2, 0.25) is 0 Å². The quantitative estimate of drug-likeness (QED) is 0.693. The van der Waals surface area contributed by atoms with Gasteiger partial charge in [-0.15, -0.1) is 0 Å². The maximum Gasteiger partial charge on any atom is 0.250 e. The largest absolute Gasteiger partial charge is 0.398 e. The van der Waals surface area contributed by atoms with Crippen molar-refractivity contribution in [3.8, 4) is 0 Å². The summed E-state index contributed by atoms with van der Waals surface area (Å²) in [7, 11) is 0. The van der Waals surface area contributed by atoms with Gasteiger partial charge >= 0.3 is 0 Å². The molecule has 0 unspecified atom stereocenters. The number of nitrogens with two attached hydrogens (primary N) is 2. The van der Waals surface area contributed by atoms with Gasteiger partial charge in [-0.1, -0.05) is 0 Å². The first-order valence-electron chi connectivity index (χ1n) is 6.16. The second kappa shape index (κ2) is 4.70. The number of aliphatic hydroxyl groups is 1. The van der Waals surface area contributed by atoms with Crippen LogP contribution >= 0.6 is 0 Å². The van der Waals surface area contributed by atoms with Crippen molar-refractivity contribution in [2.45, 2.75) is 25.4 Å². The molecule has 0 atom stereocenters. The second-order valence-corrected chi connectivity index (χ2v) is 5.24. The van der Waals surface area contributed by atoms with Gasteiger partial charge in [-0.25, -0.2) is 4.39 Å². The van der Waals surface area contributed by atoms with E-state index in [0.29, 0.717) is 31.6 Å². The number of amides is 1. The molecule has 1 aromatic rings. The average molecular weight is 267 g/mol. The molecule has 1 heterocycles. The third-order valence-corrected chi connectivity index (χ3v) is 3.57. The lowest BCUT2D eigenvalue weighted by atomic mass is 9.93. The van der Waals surface area contributed by atoms with Crippen LogP contribution < -0.4 is 16.4 Å². The molecule has 104 valence electrons. The number of benzene rings is 1. The van der Waals surface area contributed by atoms with Crippen LogP contribution in [0.25, 0.3) is 0 Å². The summed E-state index contributed by atoms with van der Waals surface area (Å²) in [6, 6.07) is 2.50. The van der Waals surface area contributed by atoms with Crippen LogP contribution in [-0.4, -0.2) is 29.7 Å². The molecular weight excluding hydrogens is 249 g/mol. The smallest absolute Gasteiger partial charge is 0.250 e. The molecule has 1 aliphatic rings. The molecule has 1 saturated heterocycles. The number of hydrogen-bond acceptors (Lipinski definition) is 4. The Balaban J connectivity index is 2.30. The fraction of sp³-hybridized carbons (Fsp3) is 0.462. The van der Waals surface area contributed by atoms with E-state index in [4.69, 9.17) is 11.5 Å². The zero-order valence-corrected chi connectivity index (χ0v) is 10.8. The molecule has 1 aromatic carbocycles. The summed E-state index contributed by atoms with van der Waals surface area (Å²) in [6.07, 6.45) is 1.09. The highest BCUT2D eigenvalue weighted by molar-refractivity contribution is 5.99. The Kier molecular flexibility index (Phi) is 3.36. The summed E-state index contributed by atoms with van der Waals surface area (Å²) in [5, 5.41) is 9.88. The first kappa shape index (κ1) is 13.6. The fourth-order valence-electron chi connectivity index (χ4n) is 2.26. The Bertz CT molecular complexity index is 507. The van der Waals surface area contributed by atoms with Gasteiger partial charge in [0, 0.05) is 18.8 Å². The number of anilines is 2. The molecular formula is C13H18FN3O2. The van der Waals surface area contributed by atoms with Crippen LogP contribution in [0.1, 0.15) is 30.1 Å². The highest BCUT2D eigenvalue weighted by Crippen LogP contribution is 2.30. The molecule has 1 fully saturated rings. The lowest BCUT2D eigenvalue weighted by molar-refractivity contribution is 0.0350. The Morgan fingerprint density at radius 1 is 1.42 bits per heavy atom. The van der Waals surface area contributed by atoms with E-state index < -0.39 is 17.3 Å². The molecule has 0 aromatic heterocycles. The minimum atomic E-state index is -0.715. The molecule has 19 heavy (non-hydrogen) atoms. The number of halogens is 1.